The van der Waals surface area contributed by atoms with Crippen LogP contribution >= 0.6 is 0 Å². The highest BCUT2D eigenvalue weighted by atomic mass is 16.5. The molecule has 0 aliphatic heterocycles. The second-order valence-corrected chi connectivity index (χ2v) is 5.37. The molecule has 1 aliphatic carbocycles. The van der Waals surface area contributed by atoms with Gasteiger partial charge in [0.2, 0.25) is 0 Å². The first kappa shape index (κ1) is 12.6. The number of hydrogen-bond donors (Lipinski definition) is 1. The minimum absolute atomic E-state index is 0.137. The smallest absolute Gasteiger partial charge is 0.0942 e. The van der Waals surface area contributed by atoms with E-state index in [1.807, 2.05) is 30.3 Å². The molecule has 100 valence electrons. The number of rotatable bonds is 2. The van der Waals surface area contributed by atoms with Gasteiger partial charge in [-0.1, -0.05) is 24.3 Å². The SMILES string of the molecule is COC1CCCC(O)(c2cccc3cccnc23)C1. The van der Waals surface area contributed by atoms with Gasteiger partial charge >= 0.3 is 0 Å². The Bertz CT molecular complexity index is 578. The summed E-state index contributed by atoms with van der Waals surface area (Å²) in [7, 11) is 1.72. The van der Waals surface area contributed by atoms with Crippen molar-refractivity contribution in [2.45, 2.75) is 37.4 Å². The van der Waals surface area contributed by atoms with Gasteiger partial charge in [-0.05, 0) is 25.3 Å². The van der Waals surface area contributed by atoms with Gasteiger partial charge in [-0.15, -0.1) is 0 Å². The second-order valence-electron chi connectivity index (χ2n) is 5.37. The van der Waals surface area contributed by atoms with Gasteiger partial charge in [0.25, 0.3) is 0 Å². The number of nitrogens with zero attached hydrogens (tertiary/aromatic N) is 1. The number of methoxy groups -OCH3 is 1. The van der Waals surface area contributed by atoms with Crippen LogP contribution in [-0.4, -0.2) is 23.3 Å². The molecule has 1 heterocycles. The van der Waals surface area contributed by atoms with E-state index >= 15 is 0 Å². The zero-order chi connectivity index (χ0) is 13.3. The fraction of sp³-hybridized carbons (Fsp3) is 0.438. The van der Waals surface area contributed by atoms with Crippen LogP contribution < -0.4 is 0 Å². The first-order valence-corrected chi connectivity index (χ1v) is 6.82. The summed E-state index contributed by atoms with van der Waals surface area (Å²) in [4.78, 5) is 4.45. The van der Waals surface area contributed by atoms with Gasteiger partial charge in [0.05, 0.1) is 17.2 Å². The summed E-state index contributed by atoms with van der Waals surface area (Å²) in [6.07, 6.45) is 5.36. The maximum atomic E-state index is 11.0. The maximum absolute atomic E-state index is 11.0. The molecule has 1 saturated carbocycles. The van der Waals surface area contributed by atoms with E-state index in [4.69, 9.17) is 4.74 Å². The topological polar surface area (TPSA) is 42.4 Å². The Labute approximate surface area is 113 Å². The summed E-state index contributed by atoms with van der Waals surface area (Å²) in [6, 6.07) is 9.98. The summed E-state index contributed by atoms with van der Waals surface area (Å²) in [6.45, 7) is 0. The lowest BCUT2D eigenvalue weighted by Crippen LogP contribution is -2.36. The molecule has 0 saturated heterocycles. The monoisotopic (exact) mass is 257 g/mol. The Morgan fingerprint density at radius 1 is 1.32 bits per heavy atom. The van der Waals surface area contributed by atoms with Crippen LogP contribution in [0.1, 0.15) is 31.2 Å². The summed E-state index contributed by atoms with van der Waals surface area (Å²) < 4.78 is 5.44. The molecule has 2 atom stereocenters. The molecular weight excluding hydrogens is 238 g/mol. The van der Waals surface area contributed by atoms with Crippen molar-refractivity contribution >= 4 is 10.9 Å². The van der Waals surface area contributed by atoms with Crippen LogP contribution in [0.3, 0.4) is 0 Å². The average molecular weight is 257 g/mol. The van der Waals surface area contributed by atoms with Crippen LogP contribution in [0.5, 0.6) is 0 Å². The normalized spacial score (nSPS) is 27.6. The lowest BCUT2D eigenvalue weighted by molar-refractivity contribution is -0.0623. The van der Waals surface area contributed by atoms with Gasteiger partial charge < -0.3 is 9.84 Å². The maximum Gasteiger partial charge on any atom is 0.0942 e. The van der Waals surface area contributed by atoms with E-state index in [0.717, 1.165) is 35.7 Å². The van der Waals surface area contributed by atoms with Gasteiger partial charge in [0, 0.05) is 30.7 Å². The van der Waals surface area contributed by atoms with E-state index in [2.05, 4.69) is 4.98 Å². The van der Waals surface area contributed by atoms with Crippen LogP contribution in [-0.2, 0) is 10.3 Å². The first-order valence-electron chi connectivity index (χ1n) is 6.82. The molecule has 19 heavy (non-hydrogen) atoms. The molecule has 0 amide bonds. The molecule has 0 radical (unpaired) electrons. The van der Waals surface area contributed by atoms with Gasteiger partial charge in [-0.25, -0.2) is 0 Å². The number of pyridine rings is 1. The molecule has 3 rings (SSSR count). The van der Waals surface area contributed by atoms with Crippen LogP contribution in [0.2, 0.25) is 0 Å². The van der Waals surface area contributed by atoms with Crippen molar-refractivity contribution in [1.29, 1.82) is 0 Å². The van der Waals surface area contributed by atoms with Crippen LogP contribution in [0.15, 0.2) is 36.5 Å². The fourth-order valence-corrected chi connectivity index (χ4v) is 3.13. The Morgan fingerprint density at radius 3 is 3.00 bits per heavy atom. The highest BCUT2D eigenvalue weighted by Gasteiger charge is 2.37. The van der Waals surface area contributed by atoms with E-state index in [-0.39, 0.29) is 6.10 Å². The van der Waals surface area contributed by atoms with Crippen LogP contribution in [0.25, 0.3) is 10.9 Å². The minimum atomic E-state index is -0.813. The molecule has 2 aromatic rings. The molecule has 3 heteroatoms. The molecule has 1 aromatic heterocycles. The fourth-order valence-electron chi connectivity index (χ4n) is 3.13. The highest BCUT2D eigenvalue weighted by Crippen LogP contribution is 2.40. The quantitative estimate of drug-likeness (QED) is 0.899. The van der Waals surface area contributed by atoms with Gasteiger partial charge in [-0.2, -0.15) is 0 Å². The van der Waals surface area contributed by atoms with Crippen molar-refractivity contribution in [2.75, 3.05) is 7.11 Å². The number of fused-ring (bicyclic) bond motifs is 1. The largest absolute Gasteiger partial charge is 0.385 e. The lowest BCUT2D eigenvalue weighted by atomic mass is 9.77. The molecule has 1 aliphatic rings. The predicted molar refractivity (Wildman–Crippen MR) is 74.9 cm³/mol. The standard InChI is InChI=1S/C16H19NO2/c1-19-13-7-3-9-16(18,11-13)14-8-2-5-12-6-4-10-17-15(12)14/h2,4-6,8,10,13,18H,3,7,9,11H2,1H3. The molecule has 1 fully saturated rings. The Kier molecular flexibility index (Phi) is 3.25. The van der Waals surface area contributed by atoms with E-state index in [1.165, 1.54) is 0 Å². The average Bonchev–Trinajstić information content (AvgIpc) is 2.46. The molecular formula is C16H19NO2. The number of ether oxygens (including phenoxy) is 1. The number of aromatic nitrogens is 1. The van der Waals surface area contributed by atoms with Crippen molar-refractivity contribution < 1.29 is 9.84 Å². The molecule has 2 unspecified atom stereocenters. The van der Waals surface area contributed by atoms with Crippen LogP contribution in [0.4, 0.5) is 0 Å². The Balaban J connectivity index is 2.07. The van der Waals surface area contributed by atoms with Gasteiger partial charge in [-0.3, -0.25) is 4.98 Å². The van der Waals surface area contributed by atoms with Crippen molar-refractivity contribution in [3.63, 3.8) is 0 Å². The minimum Gasteiger partial charge on any atom is -0.385 e. The van der Waals surface area contributed by atoms with Crippen molar-refractivity contribution in [2.24, 2.45) is 0 Å². The van der Waals surface area contributed by atoms with Crippen molar-refractivity contribution in [3.05, 3.63) is 42.1 Å². The third kappa shape index (κ3) is 2.24. The molecule has 1 aromatic carbocycles. The third-order valence-corrected chi connectivity index (χ3v) is 4.15. The van der Waals surface area contributed by atoms with Crippen molar-refractivity contribution in [1.82, 2.24) is 4.98 Å². The molecule has 1 N–H and O–H groups in total. The number of para-hydroxylation sites is 1. The summed E-state index contributed by atoms with van der Waals surface area (Å²) >= 11 is 0. The zero-order valence-corrected chi connectivity index (χ0v) is 11.2. The van der Waals surface area contributed by atoms with E-state index in [0.29, 0.717) is 6.42 Å². The second kappa shape index (κ2) is 4.91. The van der Waals surface area contributed by atoms with Crippen molar-refractivity contribution in [3.8, 4) is 0 Å². The molecule has 0 spiro atoms. The zero-order valence-electron chi connectivity index (χ0n) is 11.2. The number of hydrogen-bond acceptors (Lipinski definition) is 3. The molecule has 3 nitrogen and oxygen atoms in total. The third-order valence-electron chi connectivity index (χ3n) is 4.15. The summed E-state index contributed by atoms with van der Waals surface area (Å²) in [5.41, 5.74) is 1.03. The number of benzene rings is 1. The van der Waals surface area contributed by atoms with E-state index < -0.39 is 5.60 Å². The molecule has 0 bridgehead atoms. The highest BCUT2D eigenvalue weighted by molar-refractivity contribution is 5.82. The summed E-state index contributed by atoms with van der Waals surface area (Å²) in [5.74, 6) is 0. The predicted octanol–water partition coefficient (Wildman–Crippen LogP) is 3.01. The van der Waals surface area contributed by atoms with Gasteiger partial charge in [0.15, 0.2) is 0 Å². The lowest BCUT2D eigenvalue weighted by Gasteiger charge is -2.37. The Hall–Kier alpha value is -1.45. The first-order chi connectivity index (χ1) is 9.23. The number of aliphatic hydroxyl groups is 1. The summed E-state index contributed by atoms with van der Waals surface area (Å²) in [5, 5.41) is 12.1. The van der Waals surface area contributed by atoms with E-state index in [1.54, 1.807) is 13.3 Å². The van der Waals surface area contributed by atoms with Crippen LogP contribution in [0, 0.1) is 0 Å². The Morgan fingerprint density at radius 2 is 2.16 bits per heavy atom. The van der Waals surface area contributed by atoms with E-state index in [9.17, 15) is 5.11 Å². The van der Waals surface area contributed by atoms with Gasteiger partial charge in [0.1, 0.15) is 0 Å².